The smallest absolute Gasteiger partial charge is 0.274 e. The Kier molecular flexibility index (Phi) is 6.79. The van der Waals surface area contributed by atoms with E-state index in [2.05, 4.69) is 24.0 Å². The molecule has 6 heteroatoms. The molecule has 0 radical (unpaired) electrons. The molecule has 0 aliphatic carbocycles. The van der Waals surface area contributed by atoms with Crippen LogP contribution in [0.15, 0.2) is 54.6 Å². The fourth-order valence-electron chi connectivity index (χ4n) is 3.67. The van der Waals surface area contributed by atoms with Gasteiger partial charge in [-0.25, -0.2) is 5.48 Å². The lowest BCUT2D eigenvalue weighted by Crippen LogP contribution is -2.53. The van der Waals surface area contributed by atoms with Gasteiger partial charge in [0.25, 0.3) is 5.91 Å². The first-order chi connectivity index (χ1) is 13.6. The van der Waals surface area contributed by atoms with Crippen molar-refractivity contribution in [2.24, 2.45) is 0 Å². The van der Waals surface area contributed by atoms with Crippen molar-refractivity contribution in [3.8, 4) is 0 Å². The van der Waals surface area contributed by atoms with E-state index in [0.29, 0.717) is 12.0 Å². The minimum absolute atomic E-state index is 0.177. The summed E-state index contributed by atoms with van der Waals surface area (Å²) in [6.07, 6.45) is 1.32. The van der Waals surface area contributed by atoms with Crippen LogP contribution < -0.4 is 5.48 Å². The Balaban J connectivity index is 1.49. The molecule has 2 aromatic rings. The number of hydroxylamine groups is 1. The first-order valence-corrected chi connectivity index (χ1v) is 9.66. The molecule has 0 spiro atoms. The highest BCUT2D eigenvalue weighted by atomic mass is 16.5. The zero-order chi connectivity index (χ0) is 19.9. The van der Waals surface area contributed by atoms with Crippen molar-refractivity contribution < 1.29 is 14.8 Å². The lowest BCUT2D eigenvalue weighted by atomic mass is 10.1. The van der Waals surface area contributed by atoms with Crippen LogP contribution in [0.1, 0.15) is 34.8 Å². The zero-order valence-electron chi connectivity index (χ0n) is 16.2. The van der Waals surface area contributed by atoms with E-state index < -0.39 is 5.91 Å². The maximum Gasteiger partial charge on any atom is 0.274 e. The summed E-state index contributed by atoms with van der Waals surface area (Å²) < 4.78 is 0. The minimum Gasteiger partial charge on any atom is -0.337 e. The molecule has 0 aromatic heterocycles. The minimum atomic E-state index is -0.511. The van der Waals surface area contributed by atoms with Crippen molar-refractivity contribution in [3.63, 3.8) is 0 Å². The van der Waals surface area contributed by atoms with Gasteiger partial charge < -0.3 is 4.90 Å². The fraction of sp³-hybridized carbons (Fsp3) is 0.364. The first kappa shape index (κ1) is 20.0. The van der Waals surface area contributed by atoms with E-state index in [1.165, 1.54) is 5.56 Å². The molecule has 0 saturated carbocycles. The molecule has 0 unspecified atom stereocenters. The third-order valence-electron chi connectivity index (χ3n) is 5.23. The predicted molar refractivity (Wildman–Crippen MR) is 107 cm³/mol. The number of carbonyl (C=O) groups excluding carboxylic acids is 2. The number of nitrogens with one attached hydrogen (secondary N) is 1. The highest BCUT2D eigenvalue weighted by molar-refractivity contribution is 5.93. The molecule has 1 aliphatic rings. The molecule has 1 aliphatic heterocycles. The summed E-state index contributed by atoms with van der Waals surface area (Å²) in [4.78, 5) is 28.3. The lowest BCUT2D eigenvalue weighted by molar-refractivity contribution is -0.135. The van der Waals surface area contributed by atoms with E-state index >= 15 is 0 Å². The van der Waals surface area contributed by atoms with E-state index in [4.69, 9.17) is 5.21 Å². The number of rotatable bonds is 6. The Hall–Kier alpha value is -2.70. The van der Waals surface area contributed by atoms with Crippen LogP contribution in [0.3, 0.4) is 0 Å². The van der Waals surface area contributed by atoms with Crippen LogP contribution in [0.25, 0.3) is 0 Å². The van der Waals surface area contributed by atoms with Crippen LogP contribution in [-0.4, -0.2) is 52.5 Å². The molecule has 3 rings (SSSR count). The maximum absolute atomic E-state index is 12.6. The van der Waals surface area contributed by atoms with E-state index in [1.54, 1.807) is 17.6 Å². The van der Waals surface area contributed by atoms with Crippen LogP contribution in [0.4, 0.5) is 0 Å². The van der Waals surface area contributed by atoms with E-state index in [1.807, 2.05) is 35.2 Å². The molecule has 1 atom stereocenters. The number of aryl methyl sites for hydroxylation is 1. The van der Waals surface area contributed by atoms with E-state index in [9.17, 15) is 9.59 Å². The fourth-order valence-corrected chi connectivity index (χ4v) is 3.67. The van der Waals surface area contributed by atoms with Crippen molar-refractivity contribution in [1.29, 1.82) is 0 Å². The standard InChI is InChI=1S/C22H27N3O3/c1-17-15-24(16-19-7-10-20(11-8-19)22(27)23-28)13-14-25(17)21(26)12-9-18-5-3-2-4-6-18/h2-8,10-11,17,28H,9,12-16H2,1H3,(H,23,27)/t17-/m0/s1. The molecule has 148 valence electrons. The van der Waals surface area contributed by atoms with Gasteiger partial charge in [0.1, 0.15) is 0 Å². The summed E-state index contributed by atoms with van der Waals surface area (Å²) >= 11 is 0. The number of benzene rings is 2. The summed E-state index contributed by atoms with van der Waals surface area (Å²) in [5.41, 5.74) is 4.36. The largest absolute Gasteiger partial charge is 0.337 e. The summed E-state index contributed by atoms with van der Waals surface area (Å²) in [5, 5.41) is 8.68. The summed E-state index contributed by atoms with van der Waals surface area (Å²) in [5.74, 6) is -0.293. The zero-order valence-corrected chi connectivity index (χ0v) is 16.2. The van der Waals surface area contributed by atoms with E-state index in [-0.39, 0.29) is 11.9 Å². The normalized spacial score (nSPS) is 17.4. The van der Waals surface area contributed by atoms with Crippen LogP contribution in [-0.2, 0) is 17.8 Å². The maximum atomic E-state index is 12.6. The van der Waals surface area contributed by atoms with Gasteiger partial charge in [-0.15, -0.1) is 0 Å². The summed E-state index contributed by atoms with van der Waals surface area (Å²) in [7, 11) is 0. The molecular formula is C22H27N3O3. The topological polar surface area (TPSA) is 72.9 Å². The molecule has 1 heterocycles. The number of nitrogens with zero attached hydrogens (tertiary/aromatic N) is 2. The third-order valence-corrected chi connectivity index (χ3v) is 5.23. The van der Waals surface area contributed by atoms with Gasteiger partial charge in [0.2, 0.25) is 5.91 Å². The average molecular weight is 381 g/mol. The van der Waals surface area contributed by atoms with Crippen molar-refractivity contribution in [2.75, 3.05) is 19.6 Å². The quantitative estimate of drug-likeness (QED) is 0.596. The number of amides is 2. The monoisotopic (exact) mass is 381 g/mol. The van der Waals surface area contributed by atoms with Crippen molar-refractivity contribution in [3.05, 3.63) is 71.3 Å². The molecule has 6 nitrogen and oxygen atoms in total. The predicted octanol–water partition coefficient (Wildman–Crippen LogP) is 2.47. The Labute approximate surface area is 165 Å². The highest BCUT2D eigenvalue weighted by Gasteiger charge is 2.27. The van der Waals surface area contributed by atoms with Gasteiger partial charge in [-0.05, 0) is 36.6 Å². The molecule has 2 aromatic carbocycles. The van der Waals surface area contributed by atoms with Gasteiger partial charge in [0, 0.05) is 44.2 Å². The Morgan fingerprint density at radius 2 is 1.75 bits per heavy atom. The molecular weight excluding hydrogens is 354 g/mol. The molecule has 1 fully saturated rings. The SMILES string of the molecule is C[C@H]1CN(Cc2ccc(C(=O)NO)cc2)CCN1C(=O)CCc1ccccc1. The molecule has 0 bridgehead atoms. The van der Waals surface area contributed by atoms with Gasteiger partial charge in [-0.2, -0.15) is 0 Å². The van der Waals surface area contributed by atoms with Gasteiger partial charge in [0.05, 0.1) is 0 Å². The van der Waals surface area contributed by atoms with E-state index in [0.717, 1.165) is 38.2 Å². The van der Waals surface area contributed by atoms with Crippen LogP contribution in [0, 0.1) is 0 Å². The average Bonchev–Trinajstić information content (AvgIpc) is 2.73. The summed E-state index contributed by atoms with van der Waals surface area (Å²) in [6.45, 7) is 5.27. The van der Waals surface area contributed by atoms with Crippen LogP contribution >= 0.6 is 0 Å². The Morgan fingerprint density at radius 3 is 2.39 bits per heavy atom. The molecule has 2 N–H and O–H groups in total. The number of piperazine rings is 1. The molecule has 28 heavy (non-hydrogen) atoms. The Bertz CT molecular complexity index is 792. The molecule has 1 saturated heterocycles. The van der Waals surface area contributed by atoms with Gasteiger partial charge in [0.15, 0.2) is 0 Å². The number of hydrogen-bond acceptors (Lipinski definition) is 4. The lowest BCUT2D eigenvalue weighted by Gasteiger charge is -2.40. The second kappa shape index (κ2) is 9.48. The third kappa shape index (κ3) is 5.18. The first-order valence-electron chi connectivity index (χ1n) is 9.66. The molecule has 2 amide bonds. The number of hydrogen-bond donors (Lipinski definition) is 2. The summed E-state index contributed by atoms with van der Waals surface area (Å²) in [6, 6.07) is 17.5. The van der Waals surface area contributed by atoms with Crippen molar-refractivity contribution in [1.82, 2.24) is 15.3 Å². The second-order valence-electron chi connectivity index (χ2n) is 7.29. The number of carbonyl (C=O) groups is 2. The second-order valence-corrected chi connectivity index (χ2v) is 7.29. The Morgan fingerprint density at radius 1 is 1.04 bits per heavy atom. The van der Waals surface area contributed by atoms with Crippen molar-refractivity contribution >= 4 is 11.8 Å². The van der Waals surface area contributed by atoms with Crippen molar-refractivity contribution in [2.45, 2.75) is 32.4 Å². The van der Waals surface area contributed by atoms with Gasteiger partial charge in [-0.3, -0.25) is 19.7 Å². The van der Waals surface area contributed by atoms with Crippen LogP contribution in [0.5, 0.6) is 0 Å². The van der Waals surface area contributed by atoms with Gasteiger partial charge in [-0.1, -0.05) is 42.5 Å². The van der Waals surface area contributed by atoms with Gasteiger partial charge >= 0.3 is 0 Å². The highest BCUT2D eigenvalue weighted by Crippen LogP contribution is 2.16. The van der Waals surface area contributed by atoms with Crippen LogP contribution in [0.2, 0.25) is 0 Å².